The Balaban J connectivity index is 2.65. The van der Waals surface area contributed by atoms with Crippen molar-refractivity contribution in [1.29, 1.82) is 0 Å². The Morgan fingerprint density at radius 2 is 2.20 bits per heavy atom. The van der Waals surface area contributed by atoms with E-state index in [0.29, 0.717) is 6.54 Å². The molecule has 1 unspecified atom stereocenters. The average molecular weight is 276 g/mol. The van der Waals surface area contributed by atoms with Gasteiger partial charge in [-0.15, -0.1) is 0 Å². The molecule has 1 aromatic heterocycles. The van der Waals surface area contributed by atoms with Crippen LogP contribution in [0.25, 0.3) is 0 Å². The van der Waals surface area contributed by atoms with E-state index in [-0.39, 0.29) is 5.54 Å². The van der Waals surface area contributed by atoms with E-state index in [4.69, 9.17) is 0 Å². The molecule has 1 atom stereocenters. The first-order chi connectivity index (χ1) is 6.81. The van der Waals surface area contributed by atoms with Crippen LogP contribution in [0.15, 0.2) is 10.7 Å². The summed E-state index contributed by atoms with van der Waals surface area (Å²) in [7, 11) is 1.82. The predicted molar refractivity (Wildman–Crippen MR) is 63.6 cm³/mol. The third-order valence-corrected chi connectivity index (χ3v) is 2.69. The van der Waals surface area contributed by atoms with Crippen LogP contribution in [0.4, 0.5) is 0 Å². The normalized spacial score (nSPS) is 14.3. The summed E-state index contributed by atoms with van der Waals surface area (Å²) in [6.07, 6.45) is 1.14. The standard InChI is InChI=1S/C10H18BrN3O/c1-10(2,3)12-6-8(15)9-7(11)5-13-14(9)4/h5,8,12,15H,6H2,1-4H3. The number of nitrogens with zero attached hydrogens (tertiary/aromatic N) is 2. The van der Waals surface area contributed by atoms with Crippen LogP contribution < -0.4 is 5.32 Å². The fourth-order valence-corrected chi connectivity index (χ4v) is 1.91. The SMILES string of the molecule is Cn1ncc(Br)c1C(O)CNC(C)(C)C. The second kappa shape index (κ2) is 4.63. The summed E-state index contributed by atoms with van der Waals surface area (Å²) in [5, 5.41) is 17.3. The maximum absolute atomic E-state index is 9.98. The summed E-state index contributed by atoms with van der Waals surface area (Å²) in [6, 6.07) is 0. The number of nitrogens with one attached hydrogen (secondary N) is 1. The van der Waals surface area contributed by atoms with Gasteiger partial charge in [0.05, 0.1) is 16.4 Å². The first-order valence-corrected chi connectivity index (χ1v) is 5.71. The van der Waals surface area contributed by atoms with Gasteiger partial charge in [-0.25, -0.2) is 0 Å². The van der Waals surface area contributed by atoms with Gasteiger partial charge in [-0.3, -0.25) is 4.68 Å². The third-order valence-electron chi connectivity index (χ3n) is 2.08. The van der Waals surface area contributed by atoms with Crippen molar-refractivity contribution in [3.8, 4) is 0 Å². The number of hydrogen-bond acceptors (Lipinski definition) is 3. The lowest BCUT2D eigenvalue weighted by molar-refractivity contribution is 0.154. The molecule has 0 saturated heterocycles. The van der Waals surface area contributed by atoms with Crippen LogP contribution in [-0.4, -0.2) is 27.0 Å². The molecule has 0 bridgehead atoms. The van der Waals surface area contributed by atoms with E-state index >= 15 is 0 Å². The van der Waals surface area contributed by atoms with Gasteiger partial charge in [-0.2, -0.15) is 5.10 Å². The molecule has 4 nitrogen and oxygen atoms in total. The molecule has 5 heteroatoms. The van der Waals surface area contributed by atoms with E-state index in [1.54, 1.807) is 10.9 Å². The number of β-amino-alcohol motifs (C(OH)–C–C–N with tert-alkyl or cyclic N) is 1. The lowest BCUT2D eigenvalue weighted by Gasteiger charge is -2.23. The van der Waals surface area contributed by atoms with E-state index in [9.17, 15) is 5.11 Å². The van der Waals surface area contributed by atoms with Gasteiger partial charge in [0.15, 0.2) is 0 Å². The number of aryl methyl sites for hydroxylation is 1. The minimum atomic E-state index is -0.550. The summed E-state index contributed by atoms with van der Waals surface area (Å²) >= 11 is 3.37. The zero-order valence-electron chi connectivity index (χ0n) is 9.58. The van der Waals surface area contributed by atoms with Crippen molar-refractivity contribution < 1.29 is 5.11 Å². The van der Waals surface area contributed by atoms with Gasteiger partial charge in [-0.05, 0) is 36.7 Å². The maximum Gasteiger partial charge on any atom is 0.109 e. The Morgan fingerprint density at radius 3 is 2.60 bits per heavy atom. The largest absolute Gasteiger partial charge is 0.385 e. The Hall–Kier alpha value is -0.390. The number of aliphatic hydroxyl groups excluding tert-OH is 1. The highest BCUT2D eigenvalue weighted by Gasteiger charge is 2.18. The van der Waals surface area contributed by atoms with E-state index in [1.807, 2.05) is 7.05 Å². The second-order valence-corrected chi connectivity index (χ2v) is 5.50. The van der Waals surface area contributed by atoms with E-state index in [0.717, 1.165) is 10.2 Å². The molecule has 2 N–H and O–H groups in total. The van der Waals surface area contributed by atoms with Gasteiger partial charge in [0.25, 0.3) is 0 Å². The lowest BCUT2D eigenvalue weighted by atomic mass is 10.1. The Labute approximate surface area is 98.8 Å². The zero-order valence-corrected chi connectivity index (χ0v) is 11.2. The van der Waals surface area contributed by atoms with E-state index in [2.05, 4.69) is 47.1 Å². The van der Waals surface area contributed by atoms with Crippen LogP contribution in [0.3, 0.4) is 0 Å². The Bertz CT molecular complexity index is 310. The van der Waals surface area contributed by atoms with E-state index in [1.165, 1.54) is 0 Å². The number of halogens is 1. The fourth-order valence-electron chi connectivity index (χ4n) is 1.29. The van der Waals surface area contributed by atoms with Crippen LogP contribution in [0, 0.1) is 0 Å². The molecular weight excluding hydrogens is 258 g/mol. The van der Waals surface area contributed by atoms with Crippen molar-refractivity contribution in [3.63, 3.8) is 0 Å². The molecular formula is C10H18BrN3O. The minimum absolute atomic E-state index is 0.00600. The molecule has 1 aromatic rings. The highest BCUT2D eigenvalue weighted by molar-refractivity contribution is 9.10. The first-order valence-electron chi connectivity index (χ1n) is 4.92. The van der Waals surface area contributed by atoms with Gasteiger partial charge in [-0.1, -0.05) is 0 Å². The summed E-state index contributed by atoms with van der Waals surface area (Å²) in [6.45, 7) is 6.72. The predicted octanol–water partition coefficient (Wildman–Crippen LogP) is 1.60. The molecule has 1 rings (SSSR count). The molecule has 0 aromatic carbocycles. The molecule has 1 heterocycles. The Kier molecular flexibility index (Phi) is 3.92. The maximum atomic E-state index is 9.98. The molecule has 0 amide bonds. The molecule has 15 heavy (non-hydrogen) atoms. The topological polar surface area (TPSA) is 50.1 Å². The molecule has 0 radical (unpaired) electrons. The van der Waals surface area contributed by atoms with Gasteiger partial charge >= 0.3 is 0 Å². The molecule has 0 fully saturated rings. The summed E-state index contributed by atoms with van der Waals surface area (Å²) in [5.41, 5.74) is 0.804. The van der Waals surface area contributed by atoms with Gasteiger partial charge in [0.1, 0.15) is 6.10 Å². The summed E-state index contributed by atoms with van der Waals surface area (Å²) in [4.78, 5) is 0. The van der Waals surface area contributed by atoms with Gasteiger partial charge in [0, 0.05) is 19.1 Å². The Morgan fingerprint density at radius 1 is 1.60 bits per heavy atom. The van der Waals surface area contributed by atoms with E-state index < -0.39 is 6.10 Å². The summed E-state index contributed by atoms with van der Waals surface area (Å²) in [5.74, 6) is 0. The van der Waals surface area contributed by atoms with Crippen LogP contribution in [0.2, 0.25) is 0 Å². The van der Waals surface area contributed by atoms with Crippen LogP contribution in [0.1, 0.15) is 32.6 Å². The highest BCUT2D eigenvalue weighted by Crippen LogP contribution is 2.22. The van der Waals surface area contributed by atoms with Crippen molar-refractivity contribution in [2.45, 2.75) is 32.4 Å². The molecule has 0 saturated carbocycles. The quantitative estimate of drug-likeness (QED) is 0.881. The van der Waals surface area contributed by atoms with Crippen molar-refractivity contribution >= 4 is 15.9 Å². The number of rotatable bonds is 3. The van der Waals surface area contributed by atoms with Crippen molar-refractivity contribution in [3.05, 3.63) is 16.4 Å². The number of aliphatic hydroxyl groups is 1. The molecule has 0 spiro atoms. The number of hydrogen-bond donors (Lipinski definition) is 2. The first kappa shape index (κ1) is 12.7. The van der Waals surface area contributed by atoms with Crippen molar-refractivity contribution in [2.75, 3.05) is 6.54 Å². The van der Waals surface area contributed by atoms with Crippen LogP contribution in [0.5, 0.6) is 0 Å². The van der Waals surface area contributed by atoms with Crippen LogP contribution >= 0.6 is 15.9 Å². The summed E-state index contributed by atoms with van der Waals surface area (Å²) < 4.78 is 2.52. The highest BCUT2D eigenvalue weighted by atomic mass is 79.9. The lowest BCUT2D eigenvalue weighted by Crippen LogP contribution is -2.38. The van der Waals surface area contributed by atoms with Gasteiger partial charge in [0.2, 0.25) is 0 Å². The fraction of sp³-hybridized carbons (Fsp3) is 0.700. The number of aromatic nitrogens is 2. The van der Waals surface area contributed by atoms with Crippen molar-refractivity contribution in [2.24, 2.45) is 7.05 Å². The third kappa shape index (κ3) is 3.59. The van der Waals surface area contributed by atoms with Gasteiger partial charge < -0.3 is 10.4 Å². The van der Waals surface area contributed by atoms with Crippen LogP contribution in [-0.2, 0) is 7.05 Å². The molecule has 86 valence electrons. The van der Waals surface area contributed by atoms with Crippen molar-refractivity contribution in [1.82, 2.24) is 15.1 Å². The zero-order chi connectivity index (χ0) is 11.6. The molecule has 0 aliphatic rings. The monoisotopic (exact) mass is 275 g/mol. The average Bonchev–Trinajstić information content (AvgIpc) is 2.41. The molecule has 0 aliphatic heterocycles. The smallest absolute Gasteiger partial charge is 0.109 e. The second-order valence-electron chi connectivity index (χ2n) is 4.65. The minimum Gasteiger partial charge on any atom is -0.385 e. The molecule has 0 aliphatic carbocycles.